The van der Waals surface area contributed by atoms with Crippen LogP contribution in [-0.2, 0) is 11.2 Å². The van der Waals surface area contributed by atoms with Crippen LogP contribution in [0.1, 0.15) is 19.6 Å². The summed E-state index contributed by atoms with van der Waals surface area (Å²) in [5.41, 5.74) is 0. The highest BCUT2D eigenvalue weighted by Gasteiger charge is 2.03. The Morgan fingerprint density at radius 3 is 3.00 bits per heavy atom. The molecule has 0 atom stereocenters. The SMILES string of the molecule is CC(C)OC(=O)NCCc1ccco1. The van der Waals surface area contributed by atoms with Crippen LogP contribution in [-0.4, -0.2) is 18.7 Å². The number of nitrogens with one attached hydrogen (secondary N) is 1. The summed E-state index contributed by atoms with van der Waals surface area (Å²) in [6, 6.07) is 3.69. The van der Waals surface area contributed by atoms with E-state index in [2.05, 4.69) is 5.32 Å². The first-order chi connectivity index (χ1) is 6.68. The molecule has 78 valence electrons. The monoisotopic (exact) mass is 197 g/mol. The molecule has 14 heavy (non-hydrogen) atoms. The van der Waals surface area contributed by atoms with Gasteiger partial charge in [0.2, 0.25) is 0 Å². The third-order valence-corrected chi connectivity index (χ3v) is 1.56. The van der Waals surface area contributed by atoms with E-state index in [4.69, 9.17) is 9.15 Å². The van der Waals surface area contributed by atoms with Crippen LogP contribution in [0.4, 0.5) is 4.79 Å². The predicted octanol–water partition coefficient (Wildman–Crippen LogP) is 1.96. The van der Waals surface area contributed by atoms with Gasteiger partial charge < -0.3 is 14.5 Å². The summed E-state index contributed by atoms with van der Waals surface area (Å²) < 4.78 is 9.99. The summed E-state index contributed by atoms with van der Waals surface area (Å²) in [6.07, 6.45) is 1.83. The second-order valence-corrected chi connectivity index (χ2v) is 3.21. The number of ether oxygens (including phenoxy) is 1. The van der Waals surface area contributed by atoms with E-state index in [0.29, 0.717) is 13.0 Å². The molecular weight excluding hydrogens is 182 g/mol. The number of carbonyl (C=O) groups is 1. The molecule has 0 aromatic carbocycles. The number of carbonyl (C=O) groups excluding carboxylic acids is 1. The Hall–Kier alpha value is -1.45. The second-order valence-electron chi connectivity index (χ2n) is 3.21. The van der Waals surface area contributed by atoms with E-state index in [1.165, 1.54) is 0 Å². The van der Waals surface area contributed by atoms with E-state index in [1.807, 2.05) is 26.0 Å². The van der Waals surface area contributed by atoms with Crippen LogP contribution >= 0.6 is 0 Å². The van der Waals surface area contributed by atoms with Crippen LogP contribution < -0.4 is 5.32 Å². The molecule has 0 saturated heterocycles. The van der Waals surface area contributed by atoms with E-state index < -0.39 is 0 Å². The Kier molecular flexibility index (Phi) is 4.04. The molecule has 1 rings (SSSR count). The lowest BCUT2D eigenvalue weighted by molar-refractivity contribution is 0.115. The number of amides is 1. The minimum absolute atomic E-state index is 0.0846. The maximum atomic E-state index is 11.0. The van der Waals surface area contributed by atoms with Crippen molar-refractivity contribution in [2.45, 2.75) is 26.4 Å². The van der Waals surface area contributed by atoms with E-state index in [1.54, 1.807) is 6.26 Å². The first-order valence-electron chi connectivity index (χ1n) is 4.65. The number of rotatable bonds is 4. The molecule has 4 heteroatoms. The molecule has 0 radical (unpaired) electrons. The number of alkyl carbamates (subject to hydrolysis) is 1. The van der Waals surface area contributed by atoms with Crippen molar-refractivity contribution in [2.75, 3.05) is 6.54 Å². The second kappa shape index (κ2) is 5.32. The average molecular weight is 197 g/mol. The molecule has 1 amide bonds. The normalized spacial score (nSPS) is 10.2. The number of hydrogen-bond donors (Lipinski definition) is 1. The zero-order chi connectivity index (χ0) is 10.4. The summed E-state index contributed by atoms with van der Waals surface area (Å²) in [7, 11) is 0. The molecule has 1 N–H and O–H groups in total. The maximum absolute atomic E-state index is 11.0. The summed E-state index contributed by atoms with van der Waals surface area (Å²) in [5.74, 6) is 0.856. The van der Waals surface area contributed by atoms with E-state index in [0.717, 1.165) is 5.76 Å². The Balaban J connectivity index is 2.12. The predicted molar refractivity (Wildman–Crippen MR) is 52.0 cm³/mol. The van der Waals surface area contributed by atoms with Crippen LogP contribution in [0.25, 0.3) is 0 Å². The quantitative estimate of drug-likeness (QED) is 0.802. The highest BCUT2D eigenvalue weighted by Crippen LogP contribution is 1.99. The van der Waals surface area contributed by atoms with Crippen molar-refractivity contribution in [1.82, 2.24) is 5.32 Å². The van der Waals surface area contributed by atoms with Gasteiger partial charge in [0, 0.05) is 13.0 Å². The van der Waals surface area contributed by atoms with Crippen LogP contribution in [0.15, 0.2) is 22.8 Å². The van der Waals surface area contributed by atoms with Gasteiger partial charge >= 0.3 is 6.09 Å². The summed E-state index contributed by atoms with van der Waals surface area (Å²) in [5, 5.41) is 2.63. The standard InChI is InChI=1S/C10H15NO3/c1-8(2)14-10(12)11-6-5-9-4-3-7-13-9/h3-4,7-8H,5-6H2,1-2H3,(H,11,12). The van der Waals surface area contributed by atoms with Gasteiger partial charge in [-0.3, -0.25) is 0 Å². The van der Waals surface area contributed by atoms with Crippen molar-refractivity contribution < 1.29 is 13.9 Å². The van der Waals surface area contributed by atoms with Crippen molar-refractivity contribution in [2.24, 2.45) is 0 Å². The van der Waals surface area contributed by atoms with Crippen LogP contribution in [0, 0.1) is 0 Å². The molecule has 0 spiro atoms. The van der Waals surface area contributed by atoms with Gasteiger partial charge in [0.1, 0.15) is 5.76 Å². The largest absolute Gasteiger partial charge is 0.469 e. The van der Waals surface area contributed by atoms with Crippen molar-refractivity contribution in [1.29, 1.82) is 0 Å². The molecule has 0 aliphatic heterocycles. The molecule has 0 unspecified atom stereocenters. The van der Waals surface area contributed by atoms with E-state index >= 15 is 0 Å². The first-order valence-corrected chi connectivity index (χ1v) is 4.65. The Morgan fingerprint density at radius 1 is 1.64 bits per heavy atom. The summed E-state index contributed by atoms with van der Waals surface area (Å²) >= 11 is 0. The summed E-state index contributed by atoms with van der Waals surface area (Å²) in [4.78, 5) is 11.0. The van der Waals surface area contributed by atoms with Crippen molar-refractivity contribution in [3.05, 3.63) is 24.2 Å². The van der Waals surface area contributed by atoms with Gasteiger partial charge in [-0.25, -0.2) is 4.79 Å². The van der Waals surface area contributed by atoms with Gasteiger partial charge in [0.15, 0.2) is 0 Å². The van der Waals surface area contributed by atoms with E-state index in [-0.39, 0.29) is 12.2 Å². The smallest absolute Gasteiger partial charge is 0.407 e. The van der Waals surface area contributed by atoms with Crippen molar-refractivity contribution in [3.8, 4) is 0 Å². The first kappa shape index (κ1) is 10.6. The minimum Gasteiger partial charge on any atom is -0.469 e. The zero-order valence-electron chi connectivity index (χ0n) is 8.45. The third kappa shape index (κ3) is 3.98. The van der Waals surface area contributed by atoms with Gasteiger partial charge in [0.25, 0.3) is 0 Å². The Labute approximate surface area is 83.2 Å². The van der Waals surface area contributed by atoms with Gasteiger partial charge in [-0.2, -0.15) is 0 Å². The molecule has 0 saturated carbocycles. The fourth-order valence-electron chi connectivity index (χ4n) is 0.998. The highest BCUT2D eigenvalue weighted by molar-refractivity contribution is 5.67. The van der Waals surface area contributed by atoms with Gasteiger partial charge in [-0.05, 0) is 26.0 Å². The molecule has 0 aliphatic rings. The third-order valence-electron chi connectivity index (χ3n) is 1.56. The Morgan fingerprint density at radius 2 is 2.43 bits per heavy atom. The lowest BCUT2D eigenvalue weighted by Gasteiger charge is -2.08. The molecule has 0 bridgehead atoms. The van der Waals surface area contributed by atoms with Crippen LogP contribution in [0.2, 0.25) is 0 Å². The highest BCUT2D eigenvalue weighted by atomic mass is 16.6. The van der Waals surface area contributed by atoms with Crippen LogP contribution in [0.5, 0.6) is 0 Å². The number of hydrogen-bond acceptors (Lipinski definition) is 3. The Bertz CT molecular complexity index is 267. The topological polar surface area (TPSA) is 51.5 Å². The van der Waals surface area contributed by atoms with Gasteiger partial charge in [-0.15, -0.1) is 0 Å². The lowest BCUT2D eigenvalue weighted by Crippen LogP contribution is -2.28. The average Bonchev–Trinajstić information content (AvgIpc) is 2.55. The fraction of sp³-hybridized carbons (Fsp3) is 0.500. The van der Waals surface area contributed by atoms with Gasteiger partial charge in [-0.1, -0.05) is 0 Å². The lowest BCUT2D eigenvalue weighted by atomic mass is 10.3. The van der Waals surface area contributed by atoms with Crippen molar-refractivity contribution in [3.63, 3.8) is 0 Å². The molecule has 0 aliphatic carbocycles. The molecule has 1 heterocycles. The van der Waals surface area contributed by atoms with Crippen molar-refractivity contribution >= 4 is 6.09 Å². The maximum Gasteiger partial charge on any atom is 0.407 e. The molecule has 1 aromatic rings. The molecule has 0 fully saturated rings. The number of furan rings is 1. The molecule has 4 nitrogen and oxygen atoms in total. The van der Waals surface area contributed by atoms with Crippen LogP contribution in [0.3, 0.4) is 0 Å². The molecular formula is C10H15NO3. The minimum atomic E-state index is -0.383. The molecule has 1 aromatic heterocycles. The summed E-state index contributed by atoms with van der Waals surface area (Å²) in [6.45, 7) is 4.15. The van der Waals surface area contributed by atoms with Gasteiger partial charge in [0.05, 0.1) is 12.4 Å². The van der Waals surface area contributed by atoms with E-state index in [9.17, 15) is 4.79 Å². The zero-order valence-corrected chi connectivity index (χ0v) is 8.45. The fourth-order valence-corrected chi connectivity index (χ4v) is 0.998.